The molecule has 176 valence electrons. The summed E-state index contributed by atoms with van der Waals surface area (Å²) >= 11 is 0. The Kier molecular flexibility index (Phi) is 5.82. The maximum absolute atomic E-state index is 13.0. The van der Waals surface area contributed by atoms with Gasteiger partial charge in [-0.25, -0.2) is 15.0 Å². The molecule has 0 saturated carbocycles. The third-order valence-electron chi connectivity index (χ3n) is 5.99. The van der Waals surface area contributed by atoms with Crippen molar-refractivity contribution in [3.8, 4) is 11.4 Å². The Morgan fingerprint density at radius 2 is 1.76 bits per heavy atom. The van der Waals surface area contributed by atoms with Crippen molar-refractivity contribution in [1.29, 1.82) is 0 Å². The smallest absolute Gasteiger partial charge is 0.369 e. The van der Waals surface area contributed by atoms with E-state index in [2.05, 4.69) is 54.2 Å². The van der Waals surface area contributed by atoms with Crippen LogP contribution in [-0.4, -0.2) is 58.1 Å². The molecule has 2 N–H and O–H groups in total. The summed E-state index contributed by atoms with van der Waals surface area (Å²) in [5.41, 5.74) is 2.90. The Hall–Kier alpha value is -3.66. The first-order chi connectivity index (χ1) is 16.4. The molecule has 2 aromatic heterocycles. The van der Waals surface area contributed by atoms with E-state index in [1.54, 1.807) is 6.07 Å². The van der Waals surface area contributed by atoms with Crippen molar-refractivity contribution in [2.24, 2.45) is 0 Å². The molecule has 10 heteroatoms. The summed E-state index contributed by atoms with van der Waals surface area (Å²) in [7, 11) is 2.13. The highest BCUT2D eigenvalue weighted by molar-refractivity contribution is 5.84. The number of aromatic amines is 1. The summed E-state index contributed by atoms with van der Waals surface area (Å²) < 4.78 is 39.1. The second kappa shape index (κ2) is 8.94. The highest BCUT2D eigenvalue weighted by atomic mass is 19.4. The first-order valence-corrected chi connectivity index (χ1v) is 11.0. The van der Waals surface area contributed by atoms with Crippen molar-refractivity contribution in [2.45, 2.75) is 12.7 Å². The van der Waals surface area contributed by atoms with Crippen LogP contribution in [-0.2, 0) is 12.7 Å². The number of nitrogens with zero attached hydrogens (tertiary/aromatic N) is 5. The number of benzene rings is 2. The topological polar surface area (TPSA) is 73.0 Å². The zero-order chi connectivity index (χ0) is 23.7. The van der Waals surface area contributed by atoms with Crippen LogP contribution in [0.25, 0.3) is 22.6 Å². The van der Waals surface area contributed by atoms with Crippen LogP contribution in [0.2, 0.25) is 0 Å². The van der Waals surface area contributed by atoms with E-state index in [1.807, 2.05) is 12.1 Å². The molecule has 0 radical (unpaired) electrons. The highest BCUT2D eigenvalue weighted by Crippen LogP contribution is 2.30. The minimum Gasteiger partial charge on any atom is -0.369 e. The molecule has 5 rings (SSSR count). The zero-order valence-electron chi connectivity index (χ0n) is 18.6. The van der Waals surface area contributed by atoms with Gasteiger partial charge in [-0.3, -0.25) is 0 Å². The van der Waals surface area contributed by atoms with Crippen molar-refractivity contribution in [1.82, 2.24) is 24.8 Å². The number of hydrogen-bond donors (Lipinski definition) is 2. The van der Waals surface area contributed by atoms with Crippen LogP contribution in [0.5, 0.6) is 0 Å². The fraction of sp³-hybridized carbons (Fsp3) is 0.292. The number of halogens is 3. The lowest BCUT2D eigenvalue weighted by Gasteiger charge is -2.34. The Balaban J connectivity index is 1.38. The van der Waals surface area contributed by atoms with Gasteiger partial charge in [-0.1, -0.05) is 12.1 Å². The number of piperazine rings is 1. The summed E-state index contributed by atoms with van der Waals surface area (Å²) in [4.78, 5) is 21.1. The van der Waals surface area contributed by atoms with E-state index < -0.39 is 11.7 Å². The van der Waals surface area contributed by atoms with Crippen molar-refractivity contribution in [2.75, 3.05) is 43.4 Å². The molecular formula is C24H24F3N7. The van der Waals surface area contributed by atoms with E-state index in [1.165, 1.54) is 12.4 Å². The Bertz CT molecular complexity index is 1280. The maximum Gasteiger partial charge on any atom is 0.416 e. The fourth-order valence-electron chi connectivity index (χ4n) is 4.02. The van der Waals surface area contributed by atoms with Crippen LogP contribution in [0.1, 0.15) is 11.1 Å². The van der Waals surface area contributed by atoms with Crippen LogP contribution in [0.3, 0.4) is 0 Å². The normalized spacial score (nSPS) is 15.1. The van der Waals surface area contributed by atoms with E-state index in [0.29, 0.717) is 28.4 Å². The fourth-order valence-corrected chi connectivity index (χ4v) is 4.02. The second-order valence-corrected chi connectivity index (χ2v) is 8.39. The number of rotatable bonds is 5. The number of anilines is 2. The van der Waals surface area contributed by atoms with Crippen LogP contribution in [0, 0.1) is 0 Å². The number of fused-ring (bicyclic) bond motifs is 1. The average molecular weight is 467 g/mol. The third-order valence-corrected chi connectivity index (χ3v) is 5.99. The molecule has 1 fully saturated rings. The summed E-state index contributed by atoms with van der Waals surface area (Å²) in [5, 5.41) is 3.14. The standard InChI is InChI=1S/C24H24F3N7/c1-33-9-11-34(12-10-33)19-7-5-17(6-8-19)21-31-22(20-23(32-21)30-15-29-20)28-14-16-3-2-4-18(13-16)24(25,26)27/h2-8,13,15H,9-12,14H2,1H3,(H2,28,29,30,31,32). The highest BCUT2D eigenvalue weighted by Gasteiger charge is 2.30. The summed E-state index contributed by atoms with van der Waals surface area (Å²) in [6.07, 6.45) is -2.86. The molecule has 0 aliphatic carbocycles. The number of nitrogens with one attached hydrogen (secondary N) is 2. The minimum absolute atomic E-state index is 0.177. The predicted molar refractivity (Wildman–Crippen MR) is 126 cm³/mol. The first-order valence-electron chi connectivity index (χ1n) is 11.0. The van der Waals surface area contributed by atoms with E-state index in [9.17, 15) is 13.2 Å². The van der Waals surface area contributed by atoms with Gasteiger partial charge in [0.1, 0.15) is 5.52 Å². The number of alkyl halides is 3. The minimum atomic E-state index is -4.38. The molecule has 0 atom stereocenters. The molecule has 0 unspecified atom stereocenters. The predicted octanol–water partition coefficient (Wildman–Crippen LogP) is 4.40. The number of hydrogen-bond acceptors (Lipinski definition) is 6. The van der Waals surface area contributed by atoms with Gasteiger partial charge in [0.05, 0.1) is 11.9 Å². The van der Waals surface area contributed by atoms with Crippen LogP contribution in [0.4, 0.5) is 24.7 Å². The molecule has 1 saturated heterocycles. The molecule has 1 aliphatic heterocycles. The van der Waals surface area contributed by atoms with Crippen LogP contribution >= 0.6 is 0 Å². The number of aromatic nitrogens is 4. The number of imidazole rings is 1. The average Bonchev–Trinajstić information content (AvgIpc) is 3.32. The summed E-state index contributed by atoms with van der Waals surface area (Å²) in [6, 6.07) is 13.3. The molecule has 3 heterocycles. The van der Waals surface area contributed by atoms with Gasteiger partial charge in [0.25, 0.3) is 0 Å². The van der Waals surface area contributed by atoms with Gasteiger partial charge in [0.15, 0.2) is 17.3 Å². The van der Waals surface area contributed by atoms with Crippen molar-refractivity contribution in [3.63, 3.8) is 0 Å². The van der Waals surface area contributed by atoms with Crippen LogP contribution < -0.4 is 10.2 Å². The maximum atomic E-state index is 13.0. The van der Waals surface area contributed by atoms with Crippen molar-refractivity contribution in [3.05, 3.63) is 66.0 Å². The number of likely N-dealkylation sites (N-methyl/N-ethyl adjacent to an activating group) is 1. The van der Waals surface area contributed by atoms with E-state index >= 15 is 0 Å². The molecule has 0 amide bonds. The van der Waals surface area contributed by atoms with E-state index in [4.69, 9.17) is 0 Å². The van der Waals surface area contributed by atoms with E-state index in [-0.39, 0.29) is 6.54 Å². The molecule has 2 aromatic carbocycles. The van der Waals surface area contributed by atoms with Crippen molar-refractivity contribution >= 4 is 22.7 Å². The summed E-state index contributed by atoms with van der Waals surface area (Å²) in [5.74, 6) is 0.981. The van der Waals surface area contributed by atoms with Gasteiger partial charge < -0.3 is 20.1 Å². The zero-order valence-corrected chi connectivity index (χ0v) is 18.6. The van der Waals surface area contributed by atoms with E-state index in [0.717, 1.165) is 49.6 Å². The molecule has 0 spiro atoms. The van der Waals surface area contributed by atoms with Gasteiger partial charge in [0.2, 0.25) is 0 Å². The lowest BCUT2D eigenvalue weighted by atomic mass is 10.1. The molecule has 4 aromatic rings. The second-order valence-electron chi connectivity index (χ2n) is 8.39. The molecule has 1 aliphatic rings. The number of H-pyrrole nitrogens is 1. The van der Waals surface area contributed by atoms with Gasteiger partial charge in [-0.2, -0.15) is 13.2 Å². The quantitative estimate of drug-likeness (QED) is 0.453. The monoisotopic (exact) mass is 467 g/mol. The van der Waals surface area contributed by atoms with Gasteiger partial charge in [-0.15, -0.1) is 0 Å². The van der Waals surface area contributed by atoms with Crippen molar-refractivity contribution < 1.29 is 13.2 Å². The Labute approximate surface area is 194 Å². The molecule has 0 bridgehead atoms. The molecule has 34 heavy (non-hydrogen) atoms. The lowest BCUT2D eigenvalue weighted by Crippen LogP contribution is -2.44. The largest absolute Gasteiger partial charge is 0.416 e. The van der Waals surface area contributed by atoms with Gasteiger partial charge in [0, 0.05) is 44.0 Å². The van der Waals surface area contributed by atoms with Crippen LogP contribution in [0.15, 0.2) is 54.9 Å². The molecular weight excluding hydrogens is 443 g/mol. The SMILES string of the molecule is CN1CCN(c2ccc(-c3nc(NCc4cccc(C(F)(F)F)c4)c4[nH]cnc4n3)cc2)CC1. The Morgan fingerprint density at radius 3 is 2.50 bits per heavy atom. The lowest BCUT2D eigenvalue weighted by molar-refractivity contribution is -0.137. The summed E-state index contributed by atoms with van der Waals surface area (Å²) in [6.45, 7) is 4.20. The van der Waals surface area contributed by atoms with Gasteiger partial charge >= 0.3 is 6.18 Å². The van der Waals surface area contributed by atoms with Gasteiger partial charge in [-0.05, 0) is 49.0 Å². The molecule has 7 nitrogen and oxygen atoms in total. The first kappa shape index (κ1) is 22.1. The third kappa shape index (κ3) is 4.67. The Morgan fingerprint density at radius 1 is 1.00 bits per heavy atom.